The number of nitrogens with one attached hydrogen (secondary N) is 1. The van der Waals surface area contributed by atoms with Crippen LogP contribution >= 0.6 is 0 Å². The first kappa shape index (κ1) is 12.0. The van der Waals surface area contributed by atoms with Crippen molar-refractivity contribution in [1.82, 2.24) is 10.2 Å². The lowest BCUT2D eigenvalue weighted by Gasteiger charge is -2.24. The van der Waals surface area contributed by atoms with Crippen molar-refractivity contribution in [3.05, 3.63) is 0 Å². The lowest BCUT2D eigenvalue weighted by Crippen LogP contribution is -2.34. The summed E-state index contributed by atoms with van der Waals surface area (Å²) in [5.41, 5.74) is 0. The zero-order valence-corrected chi connectivity index (χ0v) is 9.43. The summed E-state index contributed by atoms with van der Waals surface area (Å²) in [5, 5.41) is 3.44. The van der Waals surface area contributed by atoms with Gasteiger partial charge >= 0.3 is 0 Å². The van der Waals surface area contributed by atoms with Crippen molar-refractivity contribution in [2.24, 2.45) is 0 Å². The number of hydrogen-bond acceptors (Lipinski definition) is 3. The number of methoxy groups -OCH3 is 1. The molecule has 0 atom stereocenters. The fourth-order valence-corrected chi connectivity index (χ4v) is 1.90. The molecule has 1 fully saturated rings. The van der Waals surface area contributed by atoms with Gasteiger partial charge in [0, 0.05) is 13.7 Å². The van der Waals surface area contributed by atoms with E-state index in [0.29, 0.717) is 0 Å². The van der Waals surface area contributed by atoms with Crippen molar-refractivity contribution in [3.8, 4) is 0 Å². The Kier molecular flexibility index (Phi) is 7.01. The molecule has 0 aromatic rings. The third-order valence-electron chi connectivity index (χ3n) is 2.73. The standard InChI is InChI=1S/C11H24N2O/c1-14-11-3-2-8-13-9-4-6-12-7-5-10-13/h12H,2-11H2,1H3. The molecule has 3 heteroatoms. The van der Waals surface area contributed by atoms with Gasteiger partial charge in [0.25, 0.3) is 0 Å². The van der Waals surface area contributed by atoms with E-state index in [4.69, 9.17) is 4.74 Å². The third kappa shape index (κ3) is 5.58. The Labute approximate surface area is 87.8 Å². The molecule has 1 rings (SSSR count). The molecule has 0 amide bonds. The van der Waals surface area contributed by atoms with Crippen LogP contribution in [0.15, 0.2) is 0 Å². The molecule has 0 spiro atoms. The topological polar surface area (TPSA) is 24.5 Å². The molecule has 0 bridgehead atoms. The molecule has 1 N–H and O–H groups in total. The van der Waals surface area contributed by atoms with Crippen molar-refractivity contribution in [2.75, 3.05) is 46.4 Å². The Morgan fingerprint density at radius 1 is 1.14 bits per heavy atom. The molecule has 1 heterocycles. The number of nitrogens with zero attached hydrogens (tertiary/aromatic N) is 1. The van der Waals surface area contributed by atoms with Crippen LogP contribution in [0.3, 0.4) is 0 Å². The van der Waals surface area contributed by atoms with Crippen molar-refractivity contribution < 1.29 is 4.74 Å². The van der Waals surface area contributed by atoms with Gasteiger partial charge in [-0.05, 0) is 58.4 Å². The van der Waals surface area contributed by atoms with Crippen LogP contribution in [0.4, 0.5) is 0 Å². The molecular formula is C11H24N2O. The molecule has 84 valence electrons. The first-order chi connectivity index (χ1) is 6.93. The van der Waals surface area contributed by atoms with Gasteiger partial charge in [0.05, 0.1) is 0 Å². The average molecular weight is 200 g/mol. The maximum Gasteiger partial charge on any atom is 0.0462 e. The highest BCUT2D eigenvalue weighted by Crippen LogP contribution is 2.00. The van der Waals surface area contributed by atoms with Gasteiger partial charge in [-0.1, -0.05) is 0 Å². The lowest BCUT2D eigenvalue weighted by molar-refractivity contribution is 0.181. The third-order valence-corrected chi connectivity index (χ3v) is 2.73. The van der Waals surface area contributed by atoms with E-state index in [1.807, 2.05) is 0 Å². The summed E-state index contributed by atoms with van der Waals surface area (Å²) < 4.78 is 5.05. The van der Waals surface area contributed by atoms with Gasteiger partial charge in [0.15, 0.2) is 0 Å². The predicted molar refractivity (Wildman–Crippen MR) is 59.7 cm³/mol. The minimum Gasteiger partial charge on any atom is -0.385 e. The molecule has 14 heavy (non-hydrogen) atoms. The van der Waals surface area contributed by atoms with Gasteiger partial charge in [-0.15, -0.1) is 0 Å². The normalized spacial score (nSPS) is 20.4. The van der Waals surface area contributed by atoms with Crippen LogP contribution in [0.5, 0.6) is 0 Å². The number of hydrogen-bond donors (Lipinski definition) is 1. The minimum atomic E-state index is 0.912. The van der Waals surface area contributed by atoms with E-state index in [-0.39, 0.29) is 0 Å². The van der Waals surface area contributed by atoms with Gasteiger partial charge in [-0.25, -0.2) is 0 Å². The fraction of sp³-hybridized carbons (Fsp3) is 1.00. The molecule has 0 radical (unpaired) electrons. The molecular weight excluding hydrogens is 176 g/mol. The van der Waals surface area contributed by atoms with E-state index in [1.54, 1.807) is 7.11 Å². The maximum atomic E-state index is 5.05. The van der Waals surface area contributed by atoms with E-state index < -0.39 is 0 Å². The van der Waals surface area contributed by atoms with Gasteiger partial charge in [-0.3, -0.25) is 0 Å². The zero-order valence-electron chi connectivity index (χ0n) is 9.43. The number of ether oxygens (including phenoxy) is 1. The van der Waals surface area contributed by atoms with Crippen LogP contribution in [-0.4, -0.2) is 51.3 Å². The second kappa shape index (κ2) is 8.21. The van der Waals surface area contributed by atoms with Crippen molar-refractivity contribution >= 4 is 0 Å². The van der Waals surface area contributed by atoms with Crippen LogP contribution in [0, 0.1) is 0 Å². The Bertz CT molecular complexity index is 122. The van der Waals surface area contributed by atoms with E-state index in [0.717, 1.165) is 6.61 Å². The Morgan fingerprint density at radius 2 is 1.86 bits per heavy atom. The van der Waals surface area contributed by atoms with Gasteiger partial charge < -0.3 is 15.0 Å². The molecule has 0 aromatic heterocycles. The second-order valence-corrected chi connectivity index (χ2v) is 4.00. The van der Waals surface area contributed by atoms with Gasteiger partial charge in [0.1, 0.15) is 0 Å². The van der Waals surface area contributed by atoms with E-state index in [9.17, 15) is 0 Å². The van der Waals surface area contributed by atoms with Crippen molar-refractivity contribution in [3.63, 3.8) is 0 Å². The summed E-state index contributed by atoms with van der Waals surface area (Å²) in [6.45, 7) is 7.07. The maximum absolute atomic E-state index is 5.05. The Morgan fingerprint density at radius 3 is 2.50 bits per heavy atom. The van der Waals surface area contributed by atoms with Crippen LogP contribution in [0.25, 0.3) is 0 Å². The van der Waals surface area contributed by atoms with Gasteiger partial charge in [-0.2, -0.15) is 0 Å². The van der Waals surface area contributed by atoms with Crippen LogP contribution < -0.4 is 5.32 Å². The van der Waals surface area contributed by atoms with Crippen molar-refractivity contribution in [1.29, 1.82) is 0 Å². The minimum absolute atomic E-state index is 0.912. The smallest absolute Gasteiger partial charge is 0.0462 e. The first-order valence-electron chi connectivity index (χ1n) is 5.85. The monoisotopic (exact) mass is 200 g/mol. The van der Waals surface area contributed by atoms with Crippen molar-refractivity contribution in [2.45, 2.75) is 25.7 Å². The van der Waals surface area contributed by atoms with Crippen LogP contribution in [0.1, 0.15) is 25.7 Å². The zero-order chi connectivity index (χ0) is 10.1. The highest BCUT2D eigenvalue weighted by atomic mass is 16.5. The van der Waals surface area contributed by atoms with E-state index >= 15 is 0 Å². The molecule has 0 aliphatic carbocycles. The molecule has 0 aromatic carbocycles. The molecule has 0 unspecified atom stereocenters. The predicted octanol–water partition coefficient (Wildman–Crippen LogP) is 1.10. The molecule has 3 nitrogen and oxygen atoms in total. The summed E-state index contributed by atoms with van der Waals surface area (Å²) >= 11 is 0. The van der Waals surface area contributed by atoms with E-state index in [2.05, 4.69) is 10.2 Å². The highest BCUT2D eigenvalue weighted by molar-refractivity contribution is 4.64. The first-order valence-corrected chi connectivity index (χ1v) is 5.85. The molecule has 1 aliphatic rings. The fourth-order valence-electron chi connectivity index (χ4n) is 1.90. The summed E-state index contributed by atoms with van der Waals surface area (Å²) in [7, 11) is 1.78. The quantitative estimate of drug-likeness (QED) is 0.673. The average Bonchev–Trinajstić information content (AvgIpc) is 2.15. The number of unbranched alkanes of at least 4 members (excludes halogenated alkanes) is 1. The SMILES string of the molecule is COCCCCN1CCCNCCC1. The largest absolute Gasteiger partial charge is 0.385 e. The second-order valence-electron chi connectivity index (χ2n) is 4.00. The lowest BCUT2D eigenvalue weighted by atomic mass is 10.2. The molecule has 1 saturated heterocycles. The number of rotatable bonds is 5. The van der Waals surface area contributed by atoms with E-state index in [1.165, 1.54) is 58.4 Å². The summed E-state index contributed by atoms with van der Waals surface area (Å²) in [6.07, 6.45) is 5.07. The highest BCUT2D eigenvalue weighted by Gasteiger charge is 2.06. The van der Waals surface area contributed by atoms with Gasteiger partial charge in [0.2, 0.25) is 0 Å². The van der Waals surface area contributed by atoms with Crippen LogP contribution in [-0.2, 0) is 4.74 Å². The summed E-state index contributed by atoms with van der Waals surface area (Å²) in [6, 6.07) is 0. The van der Waals surface area contributed by atoms with Crippen LogP contribution in [0.2, 0.25) is 0 Å². The molecule has 0 saturated carbocycles. The summed E-state index contributed by atoms with van der Waals surface area (Å²) in [5.74, 6) is 0. The Hall–Kier alpha value is -0.120. The Balaban J connectivity index is 2.02. The summed E-state index contributed by atoms with van der Waals surface area (Å²) in [4.78, 5) is 2.59. The molecule has 1 aliphatic heterocycles.